The fraction of sp³-hybridized carbons (Fsp3) is 0.562. The zero-order valence-corrected chi connectivity index (χ0v) is 11.9. The molecule has 2 atom stereocenters. The quantitative estimate of drug-likeness (QED) is 0.840. The number of ketones is 1. The van der Waals surface area contributed by atoms with Crippen LogP contribution in [0.2, 0.25) is 5.02 Å². The first-order valence-corrected chi connectivity index (χ1v) is 7.63. The lowest BCUT2D eigenvalue weighted by Crippen LogP contribution is -2.36. The van der Waals surface area contributed by atoms with Crippen LogP contribution < -0.4 is 0 Å². The van der Waals surface area contributed by atoms with Crippen LogP contribution in [0.1, 0.15) is 37.7 Å². The summed E-state index contributed by atoms with van der Waals surface area (Å²) in [6.07, 6.45) is 5.40. The topological polar surface area (TPSA) is 20.3 Å². The van der Waals surface area contributed by atoms with Gasteiger partial charge in [0.15, 0.2) is 0 Å². The van der Waals surface area contributed by atoms with Gasteiger partial charge in [-0.15, -0.1) is 0 Å². The highest BCUT2D eigenvalue weighted by Crippen LogP contribution is 2.34. The summed E-state index contributed by atoms with van der Waals surface area (Å²) >= 11 is 5.92. The van der Waals surface area contributed by atoms with E-state index in [2.05, 4.69) is 17.0 Å². The summed E-state index contributed by atoms with van der Waals surface area (Å²) in [4.78, 5) is 14.5. The van der Waals surface area contributed by atoms with E-state index in [0.29, 0.717) is 17.7 Å². The summed E-state index contributed by atoms with van der Waals surface area (Å²) in [7, 11) is 0. The molecule has 1 saturated carbocycles. The van der Waals surface area contributed by atoms with Crippen LogP contribution in [-0.4, -0.2) is 23.3 Å². The smallest absolute Gasteiger partial charge is 0.137 e. The lowest BCUT2D eigenvalue weighted by molar-refractivity contribution is -0.122. The van der Waals surface area contributed by atoms with Crippen molar-refractivity contribution >= 4 is 17.4 Å². The normalized spacial score (nSPS) is 28.2. The molecule has 2 fully saturated rings. The van der Waals surface area contributed by atoms with Gasteiger partial charge in [-0.05, 0) is 49.9 Å². The van der Waals surface area contributed by atoms with Gasteiger partial charge in [0.05, 0.1) is 0 Å². The second-order valence-corrected chi connectivity index (χ2v) is 6.21. The molecular weight excluding hydrogens is 258 g/mol. The maximum atomic E-state index is 12.0. The van der Waals surface area contributed by atoms with Gasteiger partial charge < -0.3 is 0 Å². The Kier molecular flexibility index (Phi) is 3.90. The Morgan fingerprint density at radius 1 is 1.16 bits per heavy atom. The third kappa shape index (κ3) is 2.85. The minimum Gasteiger partial charge on any atom is -0.299 e. The van der Waals surface area contributed by atoms with Crippen molar-refractivity contribution in [2.45, 2.75) is 44.7 Å². The molecular formula is C16H20ClNO. The Balaban J connectivity index is 1.69. The van der Waals surface area contributed by atoms with Gasteiger partial charge in [0.2, 0.25) is 0 Å². The van der Waals surface area contributed by atoms with Gasteiger partial charge in [0.1, 0.15) is 5.78 Å². The van der Waals surface area contributed by atoms with Crippen LogP contribution in [0.5, 0.6) is 0 Å². The summed E-state index contributed by atoms with van der Waals surface area (Å²) in [6.45, 7) is 2.07. The Morgan fingerprint density at radius 2 is 1.95 bits per heavy atom. The molecule has 0 spiro atoms. The number of Topliss-reactive ketones (excluding diaryl/α,β-unsaturated/α-hetero) is 1. The second kappa shape index (κ2) is 5.64. The van der Waals surface area contributed by atoms with E-state index in [1.807, 2.05) is 12.1 Å². The SMILES string of the molecule is O=C1CCCC1C1CCCN1Cc1ccc(Cl)cc1. The van der Waals surface area contributed by atoms with Crippen molar-refractivity contribution in [1.29, 1.82) is 0 Å². The molecule has 1 aromatic carbocycles. The number of carbonyl (C=O) groups is 1. The molecule has 0 amide bonds. The monoisotopic (exact) mass is 277 g/mol. The summed E-state index contributed by atoms with van der Waals surface area (Å²) < 4.78 is 0. The van der Waals surface area contributed by atoms with Crippen molar-refractivity contribution in [2.24, 2.45) is 5.92 Å². The molecule has 2 nitrogen and oxygen atoms in total. The molecule has 1 aromatic rings. The van der Waals surface area contributed by atoms with E-state index in [4.69, 9.17) is 11.6 Å². The Bertz CT molecular complexity index is 456. The molecule has 1 saturated heterocycles. The van der Waals surface area contributed by atoms with Crippen LogP contribution in [0.25, 0.3) is 0 Å². The Hall–Kier alpha value is -0.860. The van der Waals surface area contributed by atoms with Gasteiger partial charge in [-0.3, -0.25) is 9.69 Å². The predicted octanol–water partition coefficient (Wildman–Crippen LogP) is 3.67. The second-order valence-electron chi connectivity index (χ2n) is 5.77. The van der Waals surface area contributed by atoms with Gasteiger partial charge in [-0.2, -0.15) is 0 Å². The maximum Gasteiger partial charge on any atom is 0.137 e. The molecule has 1 aliphatic carbocycles. The third-order valence-corrected chi connectivity index (χ3v) is 4.78. The molecule has 19 heavy (non-hydrogen) atoms. The molecule has 3 heteroatoms. The summed E-state index contributed by atoms with van der Waals surface area (Å²) in [6, 6.07) is 8.55. The molecule has 0 aromatic heterocycles. The van der Waals surface area contributed by atoms with Crippen molar-refractivity contribution in [3.8, 4) is 0 Å². The van der Waals surface area contributed by atoms with E-state index < -0.39 is 0 Å². The minimum absolute atomic E-state index is 0.301. The van der Waals surface area contributed by atoms with E-state index in [0.717, 1.165) is 37.4 Å². The van der Waals surface area contributed by atoms with Gasteiger partial charge >= 0.3 is 0 Å². The first-order chi connectivity index (χ1) is 9.24. The van der Waals surface area contributed by atoms with Crippen molar-refractivity contribution in [1.82, 2.24) is 4.90 Å². The molecule has 0 radical (unpaired) electrons. The zero-order chi connectivity index (χ0) is 13.2. The highest BCUT2D eigenvalue weighted by atomic mass is 35.5. The minimum atomic E-state index is 0.301. The third-order valence-electron chi connectivity index (χ3n) is 4.53. The molecule has 0 bridgehead atoms. The predicted molar refractivity (Wildman–Crippen MR) is 77.2 cm³/mol. The van der Waals surface area contributed by atoms with Crippen LogP contribution in [-0.2, 0) is 11.3 Å². The fourth-order valence-corrected chi connectivity index (χ4v) is 3.70. The van der Waals surface area contributed by atoms with E-state index in [1.165, 1.54) is 18.4 Å². The Morgan fingerprint density at radius 3 is 2.63 bits per heavy atom. The number of halogens is 1. The first-order valence-electron chi connectivity index (χ1n) is 7.25. The summed E-state index contributed by atoms with van der Waals surface area (Å²) in [5, 5.41) is 0.785. The average molecular weight is 278 g/mol. The molecule has 102 valence electrons. The van der Waals surface area contributed by atoms with E-state index in [1.54, 1.807) is 0 Å². The van der Waals surface area contributed by atoms with Crippen LogP contribution >= 0.6 is 11.6 Å². The summed E-state index contributed by atoms with van der Waals surface area (Å²) in [5.41, 5.74) is 1.29. The first kappa shape index (κ1) is 13.1. The van der Waals surface area contributed by atoms with Crippen molar-refractivity contribution in [2.75, 3.05) is 6.54 Å². The van der Waals surface area contributed by atoms with Crippen LogP contribution in [0, 0.1) is 5.92 Å². The molecule has 2 unspecified atom stereocenters. The van der Waals surface area contributed by atoms with E-state index >= 15 is 0 Å². The highest BCUT2D eigenvalue weighted by Gasteiger charge is 2.37. The Labute approximate surface area is 119 Å². The van der Waals surface area contributed by atoms with Crippen LogP contribution in [0.15, 0.2) is 24.3 Å². The van der Waals surface area contributed by atoms with Crippen molar-refractivity contribution in [3.63, 3.8) is 0 Å². The van der Waals surface area contributed by atoms with Gasteiger partial charge in [0.25, 0.3) is 0 Å². The number of hydrogen-bond donors (Lipinski definition) is 0. The van der Waals surface area contributed by atoms with E-state index in [-0.39, 0.29) is 0 Å². The van der Waals surface area contributed by atoms with Crippen molar-refractivity contribution < 1.29 is 4.79 Å². The van der Waals surface area contributed by atoms with Crippen LogP contribution in [0.4, 0.5) is 0 Å². The highest BCUT2D eigenvalue weighted by molar-refractivity contribution is 6.30. The molecule has 1 aliphatic heterocycles. The van der Waals surface area contributed by atoms with Crippen molar-refractivity contribution in [3.05, 3.63) is 34.9 Å². The molecule has 1 heterocycles. The number of rotatable bonds is 3. The number of benzene rings is 1. The molecule has 0 N–H and O–H groups in total. The largest absolute Gasteiger partial charge is 0.299 e. The average Bonchev–Trinajstić information content (AvgIpc) is 3.01. The maximum absolute atomic E-state index is 12.0. The standard InChI is InChI=1S/C16H20ClNO/c17-13-8-6-12(7-9-13)11-18-10-2-4-15(18)14-3-1-5-16(14)19/h6-9,14-15H,1-5,10-11H2. The number of carbonyl (C=O) groups excluding carboxylic acids is 1. The van der Waals surface area contributed by atoms with Gasteiger partial charge in [-0.1, -0.05) is 23.7 Å². The van der Waals surface area contributed by atoms with Gasteiger partial charge in [0, 0.05) is 29.9 Å². The lowest BCUT2D eigenvalue weighted by Gasteiger charge is -2.28. The fourth-order valence-electron chi connectivity index (χ4n) is 3.58. The number of hydrogen-bond acceptors (Lipinski definition) is 2. The van der Waals surface area contributed by atoms with Crippen LogP contribution in [0.3, 0.4) is 0 Å². The number of nitrogens with zero attached hydrogens (tertiary/aromatic N) is 1. The molecule has 3 rings (SSSR count). The zero-order valence-electron chi connectivity index (χ0n) is 11.1. The van der Waals surface area contributed by atoms with E-state index in [9.17, 15) is 4.79 Å². The molecule has 2 aliphatic rings. The lowest BCUT2D eigenvalue weighted by atomic mass is 9.95. The van der Waals surface area contributed by atoms with Gasteiger partial charge in [-0.25, -0.2) is 0 Å². The summed E-state index contributed by atoms with van der Waals surface area (Å²) in [5.74, 6) is 0.794. The number of likely N-dealkylation sites (tertiary alicyclic amines) is 1.